The zero-order valence-corrected chi connectivity index (χ0v) is 21.5. The molecule has 30 heavy (non-hydrogen) atoms. The van der Waals surface area contributed by atoms with Gasteiger partial charge in [-0.15, -0.1) is 0 Å². The van der Waals surface area contributed by atoms with E-state index in [9.17, 15) is 0 Å². The quantitative estimate of drug-likeness (QED) is 0.352. The first-order valence-corrected chi connectivity index (χ1v) is 12.1. The van der Waals surface area contributed by atoms with Gasteiger partial charge in [0.05, 0.1) is 0 Å². The van der Waals surface area contributed by atoms with Crippen LogP contribution in [0.4, 0.5) is 0 Å². The molecule has 0 radical (unpaired) electrons. The molecule has 0 aliphatic heterocycles. The molecule has 0 fully saturated rings. The van der Waals surface area contributed by atoms with Crippen LogP contribution in [0, 0.1) is 0 Å². The Kier molecular flexibility index (Phi) is 8.03. The largest absolute Gasteiger partial charge is 0.441 e. The van der Waals surface area contributed by atoms with Gasteiger partial charge in [0.1, 0.15) is 11.5 Å². The van der Waals surface area contributed by atoms with E-state index >= 15 is 0 Å². The van der Waals surface area contributed by atoms with Crippen LogP contribution in [0.1, 0.15) is 98.3 Å². The SMILES string of the molecule is CCC(C)(C)c1ccc(OPOc2ccc(C(C)(C)CC)cc2C(C)(C)CC)cc1. The molecule has 0 saturated carbocycles. The maximum atomic E-state index is 6.15. The lowest BCUT2D eigenvalue weighted by Gasteiger charge is -2.30. The summed E-state index contributed by atoms with van der Waals surface area (Å²) in [6.45, 7) is 20.4. The molecule has 0 saturated heterocycles. The van der Waals surface area contributed by atoms with E-state index < -0.39 is 0 Å². The van der Waals surface area contributed by atoms with Crippen LogP contribution < -0.4 is 9.05 Å². The van der Waals surface area contributed by atoms with Crippen molar-refractivity contribution < 1.29 is 9.05 Å². The van der Waals surface area contributed by atoms with Gasteiger partial charge in [-0.2, -0.15) is 0 Å². The fourth-order valence-corrected chi connectivity index (χ4v) is 3.80. The number of hydrogen-bond acceptors (Lipinski definition) is 2. The van der Waals surface area contributed by atoms with Crippen molar-refractivity contribution in [1.82, 2.24) is 0 Å². The van der Waals surface area contributed by atoms with Crippen molar-refractivity contribution in [2.45, 2.75) is 97.8 Å². The summed E-state index contributed by atoms with van der Waals surface area (Å²) in [7, 11) is -0.0686. The highest BCUT2D eigenvalue weighted by molar-refractivity contribution is 7.27. The predicted molar refractivity (Wildman–Crippen MR) is 132 cm³/mol. The Morgan fingerprint density at radius 3 is 1.67 bits per heavy atom. The van der Waals surface area contributed by atoms with Crippen molar-refractivity contribution in [3.63, 3.8) is 0 Å². The maximum absolute atomic E-state index is 6.15. The smallest absolute Gasteiger partial charge is 0.275 e. The molecule has 3 heteroatoms. The molecule has 0 amide bonds. The van der Waals surface area contributed by atoms with Crippen LogP contribution in [0.25, 0.3) is 0 Å². The molecule has 166 valence electrons. The Hall–Kier alpha value is -1.53. The summed E-state index contributed by atoms with van der Waals surface area (Å²) in [6.07, 6.45) is 3.27. The zero-order chi connectivity index (χ0) is 22.6. The van der Waals surface area contributed by atoms with Gasteiger partial charge in [-0.3, -0.25) is 0 Å². The molecular weight excluding hydrogens is 387 g/mol. The molecule has 0 aliphatic rings. The van der Waals surface area contributed by atoms with Crippen LogP contribution in [-0.2, 0) is 16.2 Å². The Morgan fingerprint density at radius 1 is 0.633 bits per heavy atom. The highest BCUT2D eigenvalue weighted by atomic mass is 31.1. The molecule has 1 atom stereocenters. The van der Waals surface area contributed by atoms with Crippen molar-refractivity contribution in [3.05, 3.63) is 59.2 Å². The van der Waals surface area contributed by atoms with Crippen molar-refractivity contribution >= 4 is 9.03 Å². The fourth-order valence-electron chi connectivity index (χ4n) is 3.26. The first-order chi connectivity index (χ1) is 14.0. The first kappa shape index (κ1) is 24.7. The van der Waals surface area contributed by atoms with E-state index in [0.717, 1.165) is 30.8 Å². The molecule has 2 aromatic carbocycles. The van der Waals surface area contributed by atoms with Gasteiger partial charge in [0.25, 0.3) is 9.03 Å². The molecule has 0 heterocycles. The van der Waals surface area contributed by atoms with Crippen LogP contribution >= 0.6 is 9.03 Å². The molecule has 1 unspecified atom stereocenters. The third-order valence-electron chi connectivity index (χ3n) is 7.09. The summed E-state index contributed by atoms with van der Waals surface area (Å²) in [4.78, 5) is 0. The van der Waals surface area contributed by atoms with Gasteiger partial charge in [-0.05, 0) is 64.8 Å². The van der Waals surface area contributed by atoms with Crippen LogP contribution in [0.2, 0.25) is 0 Å². The van der Waals surface area contributed by atoms with Gasteiger partial charge in [0, 0.05) is 5.56 Å². The normalized spacial score (nSPS) is 13.1. The van der Waals surface area contributed by atoms with Gasteiger partial charge in [0.15, 0.2) is 0 Å². The summed E-state index contributed by atoms with van der Waals surface area (Å²) >= 11 is 0. The molecule has 2 rings (SSSR count). The van der Waals surface area contributed by atoms with Crippen LogP contribution in [-0.4, -0.2) is 0 Å². The second kappa shape index (κ2) is 9.73. The zero-order valence-electron chi connectivity index (χ0n) is 20.5. The Morgan fingerprint density at radius 2 is 1.13 bits per heavy atom. The summed E-state index contributed by atoms with van der Waals surface area (Å²) in [5.74, 6) is 1.78. The summed E-state index contributed by atoms with van der Waals surface area (Å²) in [6, 6.07) is 15.1. The molecule has 0 bridgehead atoms. The third kappa shape index (κ3) is 5.79. The first-order valence-electron chi connectivity index (χ1n) is 11.3. The van der Waals surface area contributed by atoms with Crippen LogP contribution in [0.3, 0.4) is 0 Å². The summed E-state index contributed by atoms with van der Waals surface area (Å²) in [5.41, 5.74) is 4.36. The summed E-state index contributed by atoms with van der Waals surface area (Å²) in [5, 5.41) is 0. The average Bonchev–Trinajstić information content (AvgIpc) is 2.74. The number of rotatable bonds is 10. The van der Waals surface area contributed by atoms with Crippen molar-refractivity contribution in [2.24, 2.45) is 0 Å². The fraction of sp³-hybridized carbons (Fsp3) is 0.556. The highest BCUT2D eigenvalue weighted by Crippen LogP contribution is 2.40. The minimum Gasteiger partial charge on any atom is -0.441 e. The van der Waals surface area contributed by atoms with E-state index in [1.807, 2.05) is 12.1 Å². The van der Waals surface area contributed by atoms with E-state index in [-0.39, 0.29) is 25.3 Å². The Balaban J connectivity index is 2.16. The van der Waals surface area contributed by atoms with E-state index in [2.05, 4.69) is 92.6 Å². The van der Waals surface area contributed by atoms with Gasteiger partial charge >= 0.3 is 0 Å². The lowest BCUT2D eigenvalue weighted by molar-refractivity contribution is 0.458. The molecule has 2 nitrogen and oxygen atoms in total. The molecule has 0 aliphatic carbocycles. The van der Waals surface area contributed by atoms with E-state index in [1.165, 1.54) is 16.7 Å². The minimum atomic E-state index is -0.0686. The van der Waals surface area contributed by atoms with E-state index in [0.29, 0.717) is 0 Å². The summed E-state index contributed by atoms with van der Waals surface area (Å²) < 4.78 is 12.1. The molecule has 0 aromatic heterocycles. The Labute approximate surface area is 186 Å². The van der Waals surface area contributed by atoms with Crippen molar-refractivity contribution in [3.8, 4) is 11.5 Å². The molecular formula is C27H41O2P. The Bertz CT molecular complexity index is 819. The second-order valence-corrected chi connectivity index (χ2v) is 10.8. The lowest BCUT2D eigenvalue weighted by Crippen LogP contribution is -2.20. The topological polar surface area (TPSA) is 18.5 Å². The van der Waals surface area contributed by atoms with Crippen LogP contribution in [0.15, 0.2) is 42.5 Å². The maximum Gasteiger partial charge on any atom is 0.275 e. The van der Waals surface area contributed by atoms with Crippen molar-refractivity contribution in [1.29, 1.82) is 0 Å². The predicted octanol–water partition coefficient (Wildman–Crippen LogP) is 8.72. The van der Waals surface area contributed by atoms with Crippen LogP contribution in [0.5, 0.6) is 11.5 Å². The van der Waals surface area contributed by atoms with E-state index in [4.69, 9.17) is 9.05 Å². The third-order valence-corrected chi connectivity index (χ3v) is 7.71. The van der Waals surface area contributed by atoms with Crippen molar-refractivity contribution in [2.75, 3.05) is 0 Å². The molecule has 2 aromatic rings. The van der Waals surface area contributed by atoms with E-state index in [1.54, 1.807) is 0 Å². The van der Waals surface area contributed by atoms with Gasteiger partial charge < -0.3 is 9.05 Å². The van der Waals surface area contributed by atoms with Gasteiger partial charge in [-0.25, -0.2) is 0 Å². The second-order valence-electron chi connectivity index (χ2n) is 10.2. The molecule has 0 N–H and O–H groups in total. The number of hydrogen-bond donors (Lipinski definition) is 0. The highest BCUT2D eigenvalue weighted by Gasteiger charge is 2.26. The lowest BCUT2D eigenvalue weighted by atomic mass is 9.76. The minimum absolute atomic E-state index is 0.0486. The molecule has 0 spiro atoms. The average molecular weight is 429 g/mol. The van der Waals surface area contributed by atoms with Gasteiger partial charge in [0.2, 0.25) is 0 Å². The standard InChI is InChI=1S/C27H41O2P/c1-10-25(4,5)20-13-16-22(17-14-20)28-30-29-24-18-15-21(26(6,7)11-2)19-23(24)27(8,9)12-3/h13-19,30H,10-12H2,1-9H3. The monoisotopic (exact) mass is 428 g/mol. The van der Waals surface area contributed by atoms with Gasteiger partial charge in [-0.1, -0.05) is 86.6 Å². The number of benzene rings is 2.